The summed E-state index contributed by atoms with van der Waals surface area (Å²) in [5.74, 6) is 1.04. The second-order valence-corrected chi connectivity index (χ2v) is 4.44. The lowest BCUT2D eigenvalue weighted by molar-refractivity contribution is -0.121. The minimum atomic E-state index is 0.228. The maximum atomic E-state index is 11.3. The normalized spacial score (nSPS) is 17.7. The number of piperidine rings is 1. The van der Waals surface area contributed by atoms with E-state index in [0.29, 0.717) is 6.42 Å². The molecule has 2 N–H and O–H groups in total. The van der Waals surface area contributed by atoms with Gasteiger partial charge in [0.05, 0.1) is 0 Å². The van der Waals surface area contributed by atoms with Gasteiger partial charge < -0.3 is 10.6 Å². The number of carbonyl (C=O) groups excluding carboxylic acids is 1. The summed E-state index contributed by atoms with van der Waals surface area (Å²) in [6.45, 7) is 5.28. The lowest BCUT2D eigenvalue weighted by atomic mass is 9.95. The summed E-state index contributed by atoms with van der Waals surface area (Å²) < 4.78 is 0. The number of rotatable bonds is 6. The molecule has 0 aliphatic carbocycles. The van der Waals surface area contributed by atoms with Crippen molar-refractivity contribution in [3.63, 3.8) is 0 Å². The topological polar surface area (TPSA) is 41.1 Å². The van der Waals surface area contributed by atoms with Gasteiger partial charge in [-0.05, 0) is 44.7 Å². The number of nitrogens with one attached hydrogen (secondary N) is 2. The summed E-state index contributed by atoms with van der Waals surface area (Å²) in [6, 6.07) is 0. The minimum absolute atomic E-state index is 0.228. The molecule has 88 valence electrons. The highest BCUT2D eigenvalue weighted by molar-refractivity contribution is 5.75. The molecule has 0 spiro atoms. The lowest BCUT2D eigenvalue weighted by Crippen LogP contribution is -2.31. The Morgan fingerprint density at radius 2 is 2.13 bits per heavy atom. The van der Waals surface area contributed by atoms with E-state index in [1.807, 2.05) is 0 Å². The van der Waals surface area contributed by atoms with E-state index in [9.17, 15) is 4.79 Å². The highest BCUT2D eigenvalue weighted by atomic mass is 16.1. The largest absolute Gasteiger partial charge is 0.356 e. The molecule has 0 unspecified atom stereocenters. The van der Waals surface area contributed by atoms with Gasteiger partial charge in [-0.1, -0.05) is 13.3 Å². The first-order valence-electron chi connectivity index (χ1n) is 6.30. The second-order valence-electron chi connectivity index (χ2n) is 4.44. The van der Waals surface area contributed by atoms with Crippen molar-refractivity contribution in [1.82, 2.24) is 10.6 Å². The minimum Gasteiger partial charge on any atom is -0.356 e. The fourth-order valence-electron chi connectivity index (χ4n) is 2.01. The average molecular weight is 212 g/mol. The summed E-state index contributed by atoms with van der Waals surface area (Å²) in [4.78, 5) is 11.3. The van der Waals surface area contributed by atoms with Crippen molar-refractivity contribution in [2.75, 3.05) is 19.6 Å². The molecule has 0 aromatic heterocycles. The summed E-state index contributed by atoms with van der Waals surface area (Å²) in [7, 11) is 0. The summed E-state index contributed by atoms with van der Waals surface area (Å²) in [5.41, 5.74) is 0. The summed E-state index contributed by atoms with van der Waals surface area (Å²) >= 11 is 0. The average Bonchev–Trinajstić information content (AvgIpc) is 2.28. The Balaban J connectivity index is 1.97. The Morgan fingerprint density at radius 1 is 1.40 bits per heavy atom. The predicted molar refractivity (Wildman–Crippen MR) is 62.7 cm³/mol. The fraction of sp³-hybridized carbons (Fsp3) is 0.917. The number of hydrogen-bond donors (Lipinski definition) is 2. The van der Waals surface area contributed by atoms with Gasteiger partial charge in [0.1, 0.15) is 0 Å². The van der Waals surface area contributed by atoms with E-state index >= 15 is 0 Å². The molecule has 0 radical (unpaired) electrons. The summed E-state index contributed by atoms with van der Waals surface area (Å²) in [5, 5.41) is 6.36. The Morgan fingerprint density at radius 3 is 2.80 bits per heavy atom. The Labute approximate surface area is 93.0 Å². The zero-order valence-corrected chi connectivity index (χ0v) is 9.85. The molecule has 0 aromatic rings. The van der Waals surface area contributed by atoms with Crippen LogP contribution in [0.1, 0.15) is 45.4 Å². The van der Waals surface area contributed by atoms with Crippen LogP contribution < -0.4 is 10.6 Å². The van der Waals surface area contributed by atoms with E-state index in [1.165, 1.54) is 12.8 Å². The van der Waals surface area contributed by atoms with Crippen LogP contribution in [0.15, 0.2) is 0 Å². The smallest absolute Gasteiger partial charge is 0.219 e. The SMILES string of the molecule is CCCCC(=O)NCCC1CCNCC1. The van der Waals surface area contributed by atoms with Crippen LogP contribution in [0, 0.1) is 5.92 Å². The van der Waals surface area contributed by atoms with Crippen LogP contribution in [0.3, 0.4) is 0 Å². The van der Waals surface area contributed by atoms with Crippen molar-refractivity contribution in [3.8, 4) is 0 Å². The van der Waals surface area contributed by atoms with Gasteiger partial charge in [0.2, 0.25) is 5.91 Å². The number of amides is 1. The molecule has 0 bridgehead atoms. The molecule has 1 aliphatic heterocycles. The number of unbranched alkanes of at least 4 members (excludes halogenated alkanes) is 1. The molecule has 1 amide bonds. The first kappa shape index (κ1) is 12.5. The lowest BCUT2D eigenvalue weighted by Gasteiger charge is -2.22. The van der Waals surface area contributed by atoms with Crippen LogP contribution in [0.2, 0.25) is 0 Å². The number of hydrogen-bond acceptors (Lipinski definition) is 2. The fourth-order valence-corrected chi connectivity index (χ4v) is 2.01. The molecule has 1 heterocycles. The van der Waals surface area contributed by atoms with Crippen molar-refractivity contribution >= 4 is 5.91 Å². The third kappa shape index (κ3) is 5.78. The van der Waals surface area contributed by atoms with Gasteiger partial charge in [-0.15, -0.1) is 0 Å². The highest BCUT2D eigenvalue weighted by Gasteiger charge is 2.12. The molecule has 1 fully saturated rings. The maximum absolute atomic E-state index is 11.3. The first-order valence-corrected chi connectivity index (χ1v) is 6.30. The molecule has 1 rings (SSSR count). The standard InChI is InChI=1S/C12H24N2O/c1-2-3-4-12(15)14-10-7-11-5-8-13-9-6-11/h11,13H,2-10H2,1H3,(H,14,15). The van der Waals surface area contributed by atoms with E-state index in [-0.39, 0.29) is 5.91 Å². The number of carbonyl (C=O) groups is 1. The van der Waals surface area contributed by atoms with Gasteiger partial charge in [0.15, 0.2) is 0 Å². The van der Waals surface area contributed by atoms with Crippen molar-refractivity contribution in [1.29, 1.82) is 0 Å². The molecule has 3 heteroatoms. The first-order chi connectivity index (χ1) is 7.33. The molecular formula is C12H24N2O. The quantitative estimate of drug-likeness (QED) is 0.703. The van der Waals surface area contributed by atoms with Gasteiger partial charge in [0.25, 0.3) is 0 Å². The van der Waals surface area contributed by atoms with E-state index < -0.39 is 0 Å². The van der Waals surface area contributed by atoms with Crippen LogP contribution >= 0.6 is 0 Å². The third-order valence-electron chi connectivity index (χ3n) is 3.09. The second kappa shape index (κ2) is 7.69. The van der Waals surface area contributed by atoms with Gasteiger partial charge in [-0.3, -0.25) is 4.79 Å². The highest BCUT2D eigenvalue weighted by Crippen LogP contribution is 2.14. The molecule has 0 saturated carbocycles. The van der Waals surface area contributed by atoms with Gasteiger partial charge >= 0.3 is 0 Å². The van der Waals surface area contributed by atoms with Crippen LogP contribution in [0.25, 0.3) is 0 Å². The third-order valence-corrected chi connectivity index (χ3v) is 3.09. The van der Waals surface area contributed by atoms with Gasteiger partial charge in [-0.2, -0.15) is 0 Å². The molecule has 1 saturated heterocycles. The van der Waals surface area contributed by atoms with Gasteiger partial charge in [-0.25, -0.2) is 0 Å². The van der Waals surface area contributed by atoms with Crippen molar-refractivity contribution in [2.24, 2.45) is 5.92 Å². The van der Waals surface area contributed by atoms with Crippen LogP contribution in [0.5, 0.6) is 0 Å². The monoisotopic (exact) mass is 212 g/mol. The molecular weight excluding hydrogens is 188 g/mol. The van der Waals surface area contributed by atoms with E-state index in [1.54, 1.807) is 0 Å². The Hall–Kier alpha value is -0.570. The van der Waals surface area contributed by atoms with Gasteiger partial charge in [0, 0.05) is 13.0 Å². The zero-order chi connectivity index (χ0) is 10.9. The van der Waals surface area contributed by atoms with Crippen LogP contribution in [-0.4, -0.2) is 25.5 Å². The maximum Gasteiger partial charge on any atom is 0.219 e. The molecule has 15 heavy (non-hydrogen) atoms. The van der Waals surface area contributed by atoms with Crippen molar-refractivity contribution in [2.45, 2.75) is 45.4 Å². The van der Waals surface area contributed by atoms with E-state index in [4.69, 9.17) is 0 Å². The van der Waals surface area contributed by atoms with E-state index in [0.717, 1.165) is 44.8 Å². The van der Waals surface area contributed by atoms with Crippen molar-refractivity contribution < 1.29 is 4.79 Å². The van der Waals surface area contributed by atoms with Crippen molar-refractivity contribution in [3.05, 3.63) is 0 Å². The molecule has 3 nitrogen and oxygen atoms in total. The Kier molecular flexibility index (Phi) is 6.41. The molecule has 1 aliphatic rings. The van der Waals surface area contributed by atoms with Crippen LogP contribution in [-0.2, 0) is 4.79 Å². The zero-order valence-electron chi connectivity index (χ0n) is 9.85. The Bertz CT molecular complexity index is 176. The summed E-state index contributed by atoms with van der Waals surface area (Å²) in [6.07, 6.45) is 6.50. The molecule has 0 atom stereocenters. The predicted octanol–water partition coefficient (Wildman–Crippen LogP) is 1.68. The molecule has 0 aromatic carbocycles. The van der Waals surface area contributed by atoms with Crippen LogP contribution in [0.4, 0.5) is 0 Å². The van der Waals surface area contributed by atoms with E-state index in [2.05, 4.69) is 17.6 Å².